The van der Waals surface area contributed by atoms with Crippen LogP contribution in [0.2, 0.25) is 0 Å². The Kier molecular flexibility index (Phi) is 6.17. The van der Waals surface area contributed by atoms with E-state index in [1.807, 2.05) is 0 Å². The number of furan rings is 1. The maximum atomic E-state index is 10.5. The van der Waals surface area contributed by atoms with E-state index in [1.165, 1.54) is 6.07 Å². The Labute approximate surface area is 101 Å². The molecule has 0 spiro atoms. The molecule has 0 amide bonds. The van der Waals surface area contributed by atoms with Crippen molar-refractivity contribution in [3.63, 3.8) is 0 Å². The lowest BCUT2D eigenvalue weighted by atomic mass is 10.4. The third-order valence-corrected chi connectivity index (χ3v) is 2.22. The summed E-state index contributed by atoms with van der Waals surface area (Å²) in [5.74, 6) is -0.622. The second-order valence-electron chi connectivity index (χ2n) is 3.72. The highest BCUT2D eigenvalue weighted by Crippen LogP contribution is 2.12. The number of carboxylic acids is 1. The van der Waals surface area contributed by atoms with Crippen LogP contribution in [0.4, 0.5) is 5.88 Å². The Balaban J connectivity index is 2.07. The van der Waals surface area contributed by atoms with E-state index in [2.05, 4.69) is 12.2 Å². The van der Waals surface area contributed by atoms with Crippen molar-refractivity contribution >= 4 is 11.9 Å². The molecule has 5 heteroatoms. The van der Waals surface area contributed by atoms with Crippen molar-refractivity contribution in [2.24, 2.45) is 0 Å². The van der Waals surface area contributed by atoms with Crippen LogP contribution in [0, 0.1) is 0 Å². The quantitative estimate of drug-likeness (QED) is 0.650. The summed E-state index contributed by atoms with van der Waals surface area (Å²) in [6, 6.07) is 3.05. The molecule has 1 aromatic rings. The number of rotatable bonds is 9. The minimum absolute atomic E-state index is 0.0494. The van der Waals surface area contributed by atoms with Crippen molar-refractivity contribution in [3.8, 4) is 0 Å². The Morgan fingerprint density at radius 2 is 2.18 bits per heavy atom. The first kappa shape index (κ1) is 13.6. The van der Waals surface area contributed by atoms with Crippen LogP contribution in [0.25, 0.3) is 0 Å². The van der Waals surface area contributed by atoms with Crippen LogP contribution >= 0.6 is 0 Å². The molecule has 1 rings (SSSR count). The van der Waals surface area contributed by atoms with Gasteiger partial charge in [-0.25, -0.2) is 4.79 Å². The SMILES string of the molecule is CCCCOCCCNc1ccc(C(=O)O)o1. The molecule has 1 aromatic heterocycles. The Bertz CT molecular complexity index is 335. The standard InChI is InChI=1S/C12H19NO4/c1-2-3-8-16-9-4-7-13-11-6-5-10(17-11)12(14)15/h5-6,13H,2-4,7-9H2,1H3,(H,14,15). The van der Waals surface area contributed by atoms with Gasteiger partial charge in [0.2, 0.25) is 5.76 Å². The zero-order valence-electron chi connectivity index (χ0n) is 10.1. The lowest BCUT2D eigenvalue weighted by Crippen LogP contribution is -2.05. The highest BCUT2D eigenvalue weighted by Gasteiger charge is 2.07. The summed E-state index contributed by atoms with van der Waals surface area (Å²) in [5, 5.41) is 11.6. The molecule has 5 nitrogen and oxygen atoms in total. The third kappa shape index (κ3) is 5.40. The molecule has 0 fully saturated rings. The molecule has 0 aliphatic heterocycles. The fourth-order valence-electron chi connectivity index (χ4n) is 1.28. The fraction of sp³-hybridized carbons (Fsp3) is 0.583. The Morgan fingerprint density at radius 3 is 2.82 bits per heavy atom. The summed E-state index contributed by atoms with van der Waals surface area (Å²) in [6.07, 6.45) is 3.10. The summed E-state index contributed by atoms with van der Waals surface area (Å²) < 4.78 is 10.4. The van der Waals surface area contributed by atoms with E-state index in [1.54, 1.807) is 6.07 Å². The first-order valence-corrected chi connectivity index (χ1v) is 5.88. The number of hydrogen-bond donors (Lipinski definition) is 2. The average Bonchev–Trinajstić information content (AvgIpc) is 2.77. The van der Waals surface area contributed by atoms with Crippen molar-refractivity contribution in [3.05, 3.63) is 17.9 Å². The number of hydrogen-bond acceptors (Lipinski definition) is 4. The fourth-order valence-corrected chi connectivity index (χ4v) is 1.28. The van der Waals surface area contributed by atoms with Crippen LogP contribution in [0.5, 0.6) is 0 Å². The van der Waals surface area contributed by atoms with E-state index >= 15 is 0 Å². The van der Waals surface area contributed by atoms with Gasteiger partial charge in [-0.05, 0) is 18.9 Å². The van der Waals surface area contributed by atoms with Crippen molar-refractivity contribution < 1.29 is 19.1 Å². The largest absolute Gasteiger partial charge is 0.475 e. The van der Waals surface area contributed by atoms with E-state index < -0.39 is 5.97 Å². The predicted octanol–water partition coefficient (Wildman–Crippen LogP) is 2.60. The number of carbonyl (C=O) groups is 1. The molecule has 17 heavy (non-hydrogen) atoms. The normalized spacial score (nSPS) is 10.4. The second kappa shape index (κ2) is 7.73. The second-order valence-corrected chi connectivity index (χ2v) is 3.72. The van der Waals surface area contributed by atoms with Gasteiger partial charge in [0.25, 0.3) is 0 Å². The van der Waals surface area contributed by atoms with Crippen molar-refractivity contribution in [1.29, 1.82) is 0 Å². The van der Waals surface area contributed by atoms with Crippen molar-refractivity contribution in [2.45, 2.75) is 26.2 Å². The summed E-state index contributed by atoms with van der Waals surface area (Å²) in [7, 11) is 0. The molecule has 0 aromatic carbocycles. The van der Waals surface area contributed by atoms with Gasteiger partial charge in [-0.1, -0.05) is 13.3 Å². The molecule has 0 saturated heterocycles. The van der Waals surface area contributed by atoms with Gasteiger partial charge < -0.3 is 19.6 Å². The molecule has 0 aliphatic carbocycles. The van der Waals surface area contributed by atoms with Gasteiger partial charge in [0, 0.05) is 25.8 Å². The summed E-state index contributed by atoms with van der Waals surface area (Å²) in [6.45, 7) is 4.35. The molecule has 0 bridgehead atoms. The molecule has 0 unspecified atom stereocenters. The Hall–Kier alpha value is -1.49. The highest BCUT2D eigenvalue weighted by atomic mass is 16.5. The van der Waals surface area contributed by atoms with Gasteiger partial charge in [0.1, 0.15) is 0 Å². The van der Waals surface area contributed by atoms with Crippen LogP contribution in [-0.4, -0.2) is 30.8 Å². The van der Waals surface area contributed by atoms with Crippen molar-refractivity contribution in [1.82, 2.24) is 0 Å². The van der Waals surface area contributed by atoms with E-state index in [0.29, 0.717) is 19.0 Å². The highest BCUT2D eigenvalue weighted by molar-refractivity contribution is 5.84. The lowest BCUT2D eigenvalue weighted by molar-refractivity contribution is 0.0663. The van der Waals surface area contributed by atoms with E-state index in [9.17, 15) is 4.79 Å². The van der Waals surface area contributed by atoms with Crippen LogP contribution in [0.1, 0.15) is 36.7 Å². The van der Waals surface area contributed by atoms with Crippen LogP contribution in [0.3, 0.4) is 0 Å². The molecule has 2 N–H and O–H groups in total. The van der Waals surface area contributed by atoms with Crippen LogP contribution in [-0.2, 0) is 4.74 Å². The minimum Gasteiger partial charge on any atom is -0.475 e. The summed E-state index contributed by atoms with van der Waals surface area (Å²) in [4.78, 5) is 10.5. The molecule has 0 radical (unpaired) electrons. The van der Waals surface area contributed by atoms with E-state index in [-0.39, 0.29) is 5.76 Å². The summed E-state index contributed by atoms with van der Waals surface area (Å²) in [5.41, 5.74) is 0. The third-order valence-electron chi connectivity index (χ3n) is 2.22. The molecule has 0 saturated carbocycles. The van der Waals surface area contributed by atoms with Gasteiger partial charge >= 0.3 is 5.97 Å². The lowest BCUT2D eigenvalue weighted by Gasteiger charge is -2.04. The van der Waals surface area contributed by atoms with Gasteiger partial charge in [0.05, 0.1) is 0 Å². The monoisotopic (exact) mass is 241 g/mol. The number of unbranched alkanes of at least 4 members (excludes halogenated alkanes) is 1. The molecular formula is C12H19NO4. The van der Waals surface area contributed by atoms with E-state index in [4.69, 9.17) is 14.3 Å². The molecular weight excluding hydrogens is 222 g/mol. The maximum Gasteiger partial charge on any atom is 0.371 e. The minimum atomic E-state index is -1.05. The molecule has 96 valence electrons. The van der Waals surface area contributed by atoms with Crippen molar-refractivity contribution in [2.75, 3.05) is 25.1 Å². The average molecular weight is 241 g/mol. The van der Waals surface area contributed by atoms with Crippen LogP contribution in [0.15, 0.2) is 16.5 Å². The zero-order valence-corrected chi connectivity index (χ0v) is 10.1. The predicted molar refractivity (Wildman–Crippen MR) is 64.5 cm³/mol. The molecule has 0 aliphatic rings. The van der Waals surface area contributed by atoms with Crippen LogP contribution < -0.4 is 5.32 Å². The van der Waals surface area contributed by atoms with Gasteiger partial charge in [-0.2, -0.15) is 0 Å². The first-order chi connectivity index (χ1) is 8.24. The number of ether oxygens (including phenoxy) is 1. The topological polar surface area (TPSA) is 71.7 Å². The number of carboxylic acid groups (broad SMARTS) is 1. The molecule has 0 atom stereocenters. The zero-order chi connectivity index (χ0) is 12.5. The number of nitrogens with one attached hydrogen (secondary N) is 1. The summed E-state index contributed by atoms with van der Waals surface area (Å²) >= 11 is 0. The smallest absolute Gasteiger partial charge is 0.371 e. The maximum absolute atomic E-state index is 10.5. The molecule has 1 heterocycles. The van der Waals surface area contributed by atoms with Gasteiger partial charge in [-0.15, -0.1) is 0 Å². The van der Waals surface area contributed by atoms with Gasteiger partial charge in [0.15, 0.2) is 5.88 Å². The number of aromatic carboxylic acids is 1. The van der Waals surface area contributed by atoms with Gasteiger partial charge in [-0.3, -0.25) is 0 Å². The number of anilines is 1. The first-order valence-electron chi connectivity index (χ1n) is 5.88. The Morgan fingerprint density at radius 1 is 1.41 bits per heavy atom. The van der Waals surface area contributed by atoms with E-state index in [0.717, 1.165) is 25.9 Å².